The van der Waals surface area contributed by atoms with Crippen molar-refractivity contribution in [1.29, 1.82) is 0 Å². The number of nitro groups is 1. The number of hydrogen-bond acceptors (Lipinski definition) is 7. The second-order valence-corrected chi connectivity index (χ2v) is 8.36. The number of hydrogen-bond donors (Lipinski definition) is 1. The van der Waals surface area contributed by atoms with Crippen molar-refractivity contribution in [2.45, 2.75) is 5.16 Å². The number of amides is 1. The number of ether oxygens (including phenoxy) is 1. The molecule has 0 saturated heterocycles. The number of methoxy groups -OCH3 is 1. The fourth-order valence-corrected chi connectivity index (χ4v) is 4.29. The molecule has 0 fully saturated rings. The molecule has 9 nitrogen and oxygen atoms in total. The molecule has 1 amide bonds. The topological polar surface area (TPSA) is 116 Å². The maximum absolute atomic E-state index is 13.3. The van der Waals surface area contributed by atoms with Gasteiger partial charge in [0.15, 0.2) is 5.16 Å². The van der Waals surface area contributed by atoms with Crippen molar-refractivity contribution >= 4 is 51.5 Å². The average molecular weight is 497 g/mol. The van der Waals surface area contributed by atoms with Crippen LogP contribution in [0.3, 0.4) is 0 Å². The van der Waals surface area contributed by atoms with E-state index in [1.807, 2.05) is 0 Å². The second-order valence-electron chi connectivity index (χ2n) is 7.01. The first kappa shape index (κ1) is 23.3. The summed E-state index contributed by atoms with van der Waals surface area (Å²) in [4.78, 5) is 40.7. The molecule has 0 aliphatic carbocycles. The molecule has 34 heavy (non-hydrogen) atoms. The van der Waals surface area contributed by atoms with Gasteiger partial charge in [-0.15, -0.1) is 0 Å². The summed E-state index contributed by atoms with van der Waals surface area (Å²) in [6.07, 6.45) is 0. The Hall–Kier alpha value is -3.89. The lowest BCUT2D eigenvalue weighted by Crippen LogP contribution is -2.23. The molecule has 3 aromatic carbocycles. The lowest BCUT2D eigenvalue weighted by Gasteiger charge is -2.14. The number of rotatable bonds is 7. The molecule has 4 aromatic rings. The van der Waals surface area contributed by atoms with Crippen molar-refractivity contribution in [3.63, 3.8) is 0 Å². The lowest BCUT2D eigenvalue weighted by atomic mass is 10.2. The first-order chi connectivity index (χ1) is 16.4. The van der Waals surface area contributed by atoms with E-state index in [4.69, 9.17) is 16.3 Å². The number of carbonyl (C=O) groups is 1. The van der Waals surface area contributed by atoms with Crippen LogP contribution in [-0.2, 0) is 4.79 Å². The molecule has 0 atom stereocenters. The van der Waals surface area contributed by atoms with Crippen molar-refractivity contribution in [3.8, 4) is 11.4 Å². The van der Waals surface area contributed by atoms with E-state index in [2.05, 4.69) is 10.3 Å². The van der Waals surface area contributed by atoms with Gasteiger partial charge in [-0.25, -0.2) is 4.98 Å². The predicted octanol–water partition coefficient (Wildman–Crippen LogP) is 4.69. The Labute approximate surface area is 202 Å². The highest BCUT2D eigenvalue weighted by Gasteiger charge is 2.16. The molecule has 1 heterocycles. The number of nitro benzene ring substituents is 1. The number of aromatic nitrogens is 2. The Balaban J connectivity index is 1.64. The fraction of sp³-hybridized carbons (Fsp3) is 0.0870. The third kappa shape index (κ3) is 4.87. The quantitative estimate of drug-likeness (QED) is 0.171. The molecule has 0 spiro atoms. The van der Waals surface area contributed by atoms with Gasteiger partial charge in [0.1, 0.15) is 5.75 Å². The molecular formula is C23H17ClN4O5S. The number of benzene rings is 3. The molecule has 0 saturated carbocycles. The van der Waals surface area contributed by atoms with Crippen LogP contribution in [0.2, 0.25) is 5.02 Å². The van der Waals surface area contributed by atoms with E-state index in [0.717, 1.165) is 11.8 Å². The standard InChI is InChI=1S/C23H17ClN4O5S/c1-33-20-11-10-16(12-18(20)24)27-22(30)17-4-2-3-5-19(17)26-23(27)34-13-21(29)25-14-6-8-15(9-7-14)28(31)32/h2-12H,13H2,1H3,(H,25,29). The zero-order chi connectivity index (χ0) is 24.2. The third-order valence-electron chi connectivity index (χ3n) is 4.83. The van der Waals surface area contributed by atoms with Crippen LogP contribution in [0, 0.1) is 10.1 Å². The molecule has 1 aromatic heterocycles. The fourth-order valence-electron chi connectivity index (χ4n) is 3.22. The van der Waals surface area contributed by atoms with E-state index in [0.29, 0.717) is 38.2 Å². The molecule has 172 valence electrons. The second kappa shape index (κ2) is 9.94. The minimum atomic E-state index is -0.516. The molecule has 0 aliphatic heterocycles. The molecule has 11 heteroatoms. The largest absolute Gasteiger partial charge is 0.495 e. The number of anilines is 1. The summed E-state index contributed by atoms with van der Waals surface area (Å²) < 4.78 is 6.59. The molecule has 0 radical (unpaired) electrons. The predicted molar refractivity (Wildman–Crippen MR) is 131 cm³/mol. The number of non-ortho nitro benzene ring substituents is 1. The summed E-state index contributed by atoms with van der Waals surface area (Å²) in [6.45, 7) is 0. The summed E-state index contributed by atoms with van der Waals surface area (Å²) in [6, 6.07) is 17.4. The van der Waals surface area contributed by atoms with E-state index in [-0.39, 0.29) is 22.9 Å². The van der Waals surface area contributed by atoms with Gasteiger partial charge >= 0.3 is 0 Å². The monoisotopic (exact) mass is 496 g/mol. The normalized spacial score (nSPS) is 10.8. The zero-order valence-electron chi connectivity index (χ0n) is 17.7. The molecule has 1 N–H and O–H groups in total. The highest BCUT2D eigenvalue weighted by atomic mass is 35.5. The Morgan fingerprint density at radius 1 is 1.18 bits per heavy atom. The van der Waals surface area contributed by atoms with Crippen molar-refractivity contribution in [2.24, 2.45) is 0 Å². The van der Waals surface area contributed by atoms with Crippen LogP contribution < -0.4 is 15.6 Å². The number of fused-ring (bicyclic) bond motifs is 1. The van der Waals surface area contributed by atoms with Gasteiger partial charge < -0.3 is 10.1 Å². The van der Waals surface area contributed by atoms with Gasteiger partial charge in [0, 0.05) is 17.8 Å². The van der Waals surface area contributed by atoms with Crippen LogP contribution in [0.25, 0.3) is 16.6 Å². The highest BCUT2D eigenvalue weighted by Crippen LogP contribution is 2.28. The number of carbonyl (C=O) groups excluding carboxylic acids is 1. The Morgan fingerprint density at radius 2 is 1.91 bits per heavy atom. The van der Waals surface area contributed by atoms with E-state index in [1.54, 1.807) is 42.5 Å². The van der Waals surface area contributed by atoms with Gasteiger partial charge in [0.05, 0.1) is 39.4 Å². The summed E-state index contributed by atoms with van der Waals surface area (Å²) in [5, 5.41) is 14.5. The van der Waals surface area contributed by atoms with E-state index in [9.17, 15) is 19.7 Å². The number of thioether (sulfide) groups is 1. The van der Waals surface area contributed by atoms with Crippen LogP contribution in [0.1, 0.15) is 0 Å². The minimum Gasteiger partial charge on any atom is -0.495 e. The zero-order valence-corrected chi connectivity index (χ0v) is 19.3. The van der Waals surface area contributed by atoms with E-state index >= 15 is 0 Å². The van der Waals surface area contributed by atoms with Crippen molar-refractivity contribution in [2.75, 3.05) is 18.2 Å². The van der Waals surface area contributed by atoms with Crippen LogP contribution in [0.5, 0.6) is 5.75 Å². The summed E-state index contributed by atoms with van der Waals surface area (Å²) in [5.74, 6) is 0.0514. The van der Waals surface area contributed by atoms with Gasteiger partial charge in [-0.3, -0.25) is 24.3 Å². The van der Waals surface area contributed by atoms with Crippen LogP contribution in [0.15, 0.2) is 76.7 Å². The van der Waals surface area contributed by atoms with Gasteiger partial charge in [0.2, 0.25) is 5.91 Å². The Kier molecular flexibility index (Phi) is 6.80. The summed E-state index contributed by atoms with van der Waals surface area (Å²) in [7, 11) is 1.50. The lowest BCUT2D eigenvalue weighted by molar-refractivity contribution is -0.384. The SMILES string of the molecule is COc1ccc(-n2c(SCC(=O)Nc3ccc([N+](=O)[O-])cc3)nc3ccccc3c2=O)cc1Cl. The van der Waals surface area contributed by atoms with Gasteiger partial charge in [0.25, 0.3) is 11.2 Å². The van der Waals surface area contributed by atoms with Gasteiger partial charge in [-0.05, 0) is 42.5 Å². The first-order valence-corrected chi connectivity index (χ1v) is 11.3. The van der Waals surface area contributed by atoms with Crippen molar-refractivity contribution in [3.05, 3.63) is 92.2 Å². The van der Waals surface area contributed by atoms with Crippen LogP contribution in [-0.4, -0.2) is 33.2 Å². The minimum absolute atomic E-state index is 0.0499. The molecule has 0 unspecified atom stereocenters. The average Bonchev–Trinajstić information content (AvgIpc) is 2.83. The number of para-hydroxylation sites is 1. The van der Waals surface area contributed by atoms with Crippen molar-refractivity contribution in [1.82, 2.24) is 9.55 Å². The van der Waals surface area contributed by atoms with E-state index in [1.165, 1.54) is 35.9 Å². The molecule has 0 bridgehead atoms. The maximum atomic E-state index is 13.3. The van der Waals surface area contributed by atoms with Crippen LogP contribution >= 0.6 is 23.4 Å². The summed E-state index contributed by atoms with van der Waals surface area (Å²) in [5.41, 5.74) is 1.02. The van der Waals surface area contributed by atoms with Crippen LogP contribution in [0.4, 0.5) is 11.4 Å². The highest BCUT2D eigenvalue weighted by molar-refractivity contribution is 7.99. The first-order valence-electron chi connectivity index (χ1n) is 9.90. The van der Waals surface area contributed by atoms with Crippen molar-refractivity contribution < 1.29 is 14.5 Å². The maximum Gasteiger partial charge on any atom is 0.269 e. The molecular weight excluding hydrogens is 480 g/mol. The van der Waals surface area contributed by atoms with Gasteiger partial charge in [-0.2, -0.15) is 0 Å². The van der Waals surface area contributed by atoms with E-state index < -0.39 is 4.92 Å². The number of nitrogens with zero attached hydrogens (tertiary/aromatic N) is 3. The molecule has 0 aliphatic rings. The third-order valence-corrected chi connectivity index (χ3v) is 6.07. The van der Waals surface area contributed by atoms with Gasteiger partial charge in [-0.1, -0.05) is 35.5 Å². The number of nitrogens with one attached hydrogen (secondary N) is 1. The smallest absolute Gasteiger partial charge is 0.269 e. The summed E-state index contributed by atoms with van der Waals surface area (Å²) >= 11 is 7.36. The Bertz CT molecular complexity index is 1460. The Morgan fingerprint density at radius 3 is 2.59 bits per heavy atom. The number of halogens is 1. The molecule has 4 rings (SSSR count).